The molecule has 0 bridgehead atoms. The average molecular weight is 633 g/mol. The van der Waals surface area contributed by atoms with Crippen LogP contribution in [-0.2, 0) is 6.42 Å². The van der Waals surface area contributed by atoms with Crippen molar-refractivity contribution in [3.05, 3.63) is 108 Å². The first-order chi connectivity index (χ1) is 23.0. The van der Waals surface area contributed by atoms with E-state index in [2.05, 4.69) is 70.2 Å². The Kier molecular flexibility index (Phi) is 15.1. The molecule has 0 unspecified atom stereocenters. The van der Waals surface area contributed by atoms with Crippen LogP contribution < -0.4 is 9.47 Å². The summed E-state index contributed by atoms with van der Waals surface area (Å²) in [6.45, 7) is 8.76. The topological polar surface area (TPSA) is 35.5 Å². The van der Waals surface area contributed by atoms with Gasteiger partial charge >= 0.3 is 5.97 Å². The third kappa shape index (κ3) is 12.0. The quantitative estimate of drug-likeness (QED) is 0.0552. The highest BCUT2D eigenvalue weighted by molar-refractivity contribution is 5.91. The minimum absolute atomic E-state index is 0.156. The number of benzene rings is 4. The molecule has 250 valence electrons. The van der Waals surface area contributed by atoms with E-state index in [0.29, 0.717) is 11.3 Å². The summed E-state index contributed by atoms with van der Waals surface area (Å²) in [4.78, 5) is 12.8. The van der Waals surface area contributed by atoms with Gasteiger partial charge in [-0.2, -0.15) is 0 Å². The van der Waals surface area contributed by atoms with E-state index < -0.39 is 0 Å². The van der Waals surface area contributed by atoms with Gasteiger partial charge in [-0.3, -0.25) is 0 Å². The summed E-state index contributed by atoms with van der Waals surface area (Å²) in [7, 11) is 0. The number of hydrogen-bond donors (Lipinski definition) is 0. The first-order valence-electron chi connectivity index (χ1n) is 18.3. The van der Waals surface area contributed by atoms with Crippen LogP contribution in [0, 0.1) is 6.92 Å². The van der Waals surface area contributed by atoms with E-state index in [1.807, 2.05) is 36.4 Å². The van der Waals surface area contributed by atoms with Crippen molar-refractivity contribution in [2.75, 3.05) is 0 Å². The van der Waals surface area contributed by atoms with Crippen LogP contribution in [0.2, 0.25) is 0 Å². The van der Waals surface area contributed by atoms with E-state index in [0.717, 1.165) is 17.7 Å². The highest BCUT2D eigenvalue weighted by Gasteiger charge is 2.11. The second kappa shape index (κ2) is 19.7. The van der Waals surface area contributed by atoms with Crippen LogP contribution in [-0.4, -0.2) is 12.1 Å². The normalized spacial score (nSPS) is 11.7. The third-order valence-corrected chi connectivity index (χ3v) is 9.10. The molecule has 0 radical (unpaired) electrons. The van der Waals surface area contributed by atoms with Crippen molar-refractivity contribution in [1.29, 1.82) is 0 Å². The molecule has 47 heavy (non-hydrogen) atoms. The molecule has 3 heteroatoms. The Balaban J connectivity index is 1.25. The Bertz CT molecular complexity index is 1470. The Morgan fingerprint density at radius 1 is 0.596 bits per heavy atom. The number of hydrogen-bond acceptors (Lipinski definition) is 3. The number of unbranched alkanes of at least 4 members (excludes halogenated alkanes) is 10. The predicted molar refractivity (Wildman–Crippen MR) is 199 cm³/mol. The maximum Gasteiger partial charge on any atom is 0.343 e. The highest BCUT2D eigenvalue weighted by Crippen LogP contribution is 2.30. The summed E-state index contributed by atoms with van der Waals surface area (Å²) in [6, 6.07) is 30.7. The molecule has 0 saturated carbocycles. The Labute approximate surface area is 284 Å². The van der Waals surface area contributed by atoms with Gasteiger partial charge in [0, 0.05) is 0 Å². The fourth-order valence-electron chi connectivity index (χ4n) is 6.18. The van der Waals surface area contributed by atoms with Crippen LogP contribution in [0.4, 0.5) is 0 Å². The molecule has 0 spiro atoms. The minimum Gasteiger partial charge on any atom is -0.491 e. The molecule has 4 aromatic rings. The van der Waals surface area contributed by atoms with Crippen molar-refractivity contribution in [3.63, 3.8) is 0 Å². The van der Waals surface area contributed by atoms with E-state index in [4.69, 9.17) is 9.47 Å². The van der Waals surface area contributed by atoms with Crippen LogP contribution in [0.15, 0.2) is 91.0 Å². The molecule has 0 heterocycles. The Hall–Kier alpha value is -3.85. The van der Waals surface area contributed by atoms with Crippen LogP contribution in [0.1, 0.15) is 126 Å². The van der Waals surface area contributed by atoms with E-state index in [9.17, 15) is 4.79 Å². The van der Waals surface area contributed by atoms with Gasteiger partial charge in [-0.1, -0.05) is 133 Å². The highest BCUT2D eigenvalue weighted by atomic mass is 16.5. The van der Waals surface area contributed by atoms with Crippen molar-refractivity contribution in [2.24, 2.45) is 0 Å². The van der Waals surface area contributed by atoms with Crippen molar-refractivity contribution in [1.82, 2.24) is 0 Å². The maximum absolute atomic E-state index is 12.8. The minimum atomic E-state index is -0.374. The van der Waals surface area contributed by atoms with E-state index >= 15 is 0 Å². The van der Waals surface area contributed by atoms with Crippen LogP contribution in [0.3, 0.4) is 0 Å². The second-order valence-electron chi connectivity index (χ2n) is 13.2. The van der Waals surface area contributed by atoms with Gasteiger partial charge < -0.3 is 9.47 Å². The summed E-state index contributed by atoms with van der Waals surface area (Å²) in [6.07, 6.45) is 18.1. The van der Waals surface area contributed by atoms with Crippen LogP contribution in [0.25, 0.3) is 22.3 Å². The number of carbonyl (C=O) groups is 1. The van der Waals surface area contributed by atoms with Gasteiger partial charge in [-0.15, -0.1) is 0 Å². The van der Waals surface area contributed by atoms with Crippen molar-refractivity contribution < 1.29 is 14.3 Å². The Morgan fingerprint density at radius 2 is 1.15 bits per heavy atom. The van der Waals surface area contributed by atoms with Gasteiger partial charge in [0.2, 0.25) is 0 Å². The molecule has 0 amide bonds. The molecule has 0 aliphatic rings. The molecule has 3 nitrogen and oxygen atoms in total. The molecule has 0 aromatic heterocycles. The zero-order valence-electron chi connectivity index (χ0n) is 29.4. The van der Waals surface area contributed by atoms with E-state index in [1.165, 1.54) is 111 Å². The average Bonchev–Trinajstić information content (AvgIpc) is 3.09. The fraction of sp³-hybridized carbons (Fsp3) is 0.432. The molecule has 4 aromatic carbocycles. The van der Waals surface area contributed by atoms with Crippen molar-refractivity contribution in [2.45, 2.75) is 124 Å². The van der Waals surface area contributed by atoms with Gasteiger partial charge in [-0.05, 0) is 109 Å². The molecule has 0 saturated heterocycles. The predicted octanol–water partition coefficient (Wildman–Crippen LogP) is 13.0. The molecule has 0 aliphatic carbocycles. The molecular formula is C44H56O3. The smallest absolute Gasteiger partial charge is 0.343 e. The summed E-state index contributed by atoms with van der Waals surface area (Å²) < 4.78 is 11.7. The lowest BCUT2D eigenvalue weighted by molar-refractivity contribution is 0.0734. The molecule has 0 aliphatic heterocycles. The molecular weight excluding hydrogens is 576 g/mol. The summed E-state index contributed by atoms with van der Waals surface area (Å²) >= 11 is 0. The summed E-state index contributed by atoms with van der Waals surface area (Å²) in [5, 5.41) is 0. The standard InChI is InChI=1S/C44H56O3/c1-5-7-9-11-12-13-14-16-18-36-19-21-37(22-20-36)40-27-32-43(34(3)33-40)38-23-28-42(29-24-38)47-44(45)39-25-30-41(31-26-39)46-35(4)17-15-10-8-6-2/h19-33,35H,5-18H2,1-4H3/t35-/m0/s1. The second-order valence-corrected chi connectivity index (χ2v) is 13.2. The summed E-state index contributed by atoms with van der Waals surface area (Å²) in [5.74, 6) is 0.934. The molecule has 0 fully saturated rings. The Morgan fingerprint density at radius 3 is 1.79 bits per heavy atom. The first kappa shape index (κ1) is 36.0. The van der Waals surface area contributed by atoms with E-state index in [1.54, 1.807) is 12.1 Å². The fourth-order valence-corrected chi connectivity index (χ4v) is 6.18. The lowest BCUT2D eigenvalue weighted by Gasteiger charge is -2.15. The van der Waals surface area contributed by atoms with Crippen LogP contribution >= 0.6 is 0 Å². The third-order valence-electron chi connectivity index (χ3n) is 9.10. The van der Waals surface area contributed by atoms with Gasteiger partial charge in [0.1, 0.15) is 11.5 Å². The summed E-state index contributed by atoms with van der Waals surface area (Å²) in [5.41, 5.74) is 7.90. The number of ether oxygens (including phenoxy) is 2. The first-order valence-corrected chi connectivity index (χ1v) is 18.3. The van der Waals surface area contributed by atoms with Gasteiger partial charge in [0.05, 0.1) is 11.7 Å². The van der Waals surface area contributed by atoms with Crippen molar-refractivity contribution in [3.8, 4) is 33.8 Å². The number of rotatable bonds is 20. The number of carbonyl (C=O) groups excluding carboxylic acids is 1. The lowest BCUT2D eigenvalue weighted by Crippen LogP contribution is -2.12. The van der Waals surface area contributed by atoms with Gasteiger partial charge in [0.15, 0.2) is 0 Å². The monoisotopic (exact) mass is 632 g/mol. The maximum atomic E-state index is 12.8. The van der Waals surface area contributed by atoms with Gasteiger partial charge in [-0.25, -0.2) is 4.79 Å². The molecule has 1 atom stereocenters. The lowest BCUT2D eigenvalue weighted by atomic mass is 9.95. The van der Waals surface area contributed by atoms with Crippen LogP contribution in [0.5, 0.6) is 11.5 Å². The number of esters is 1. The zero-order valence-corrected chi connectivity index (χ0v) is 29.4. The molecule has 0 N–H and O–H groups in total. The van der Waals surface area contributed by atoms with Gasteiger partial charge in [0.25, 0.3) is 0 Å². The largest absolute Gasteiger partial charge is 0.491 e. The van der Waals surface area contributed by atoms with Crippen molar-refractivity contribution >= 4 is 5.97 Å². The van der Waals surface area contributed by atoms with E-state index in [-0.39, 0.29) is 12.1 Å². The number of aryl methyl sites for hydroxylation is 2. The SMILES string of the molecule is CCCCCCCCCCc1ccc(-c2ccc(-c3ccc(OC(=O)c4ccc(O[C@@H](C)CCCCCC)cc4)cc3)c(C)c2)cc1. The zero-order chi connectivity index (χ0) is 33.3. The molecule has 4 rings (SSSR count).